The third-order valence-corrected chi connectivity index (χ3v) is 7.14. The van der Waals surface area contributed by atoms with E-state index in [0.717, 1.165) is 79.9 Å². The number of hydrogen-bond acceptors (Lipinski definition) is 5. The number of carbonyl (C=O) groups excluding carboxylic acids is 1. The minimum absolute atomic E-state index is 0.0530. The minimum Gasteiger partial charge on any atom is -0.493 e. The van der Waals surface area contributed by atoms with Gasteiger partial charge in [-0.15, -0.1) is 0 Å². The lowest BCUT2D eigenvalue weighted by atomic mass is 9.98. The highest BCUT2D eigenvalue weighted by Crippen LogP contribution is 2.36. The molecule has 1 aromatic carbocycles. The highest BCUT2D eigenvalue weighted by Gasteiger charge is 2.37. The number of aryl methyl sites for hydroxylation is 2. The largest absolute Gasteiger partial charge is 0.493 e. The summed E-state index contributed by atoms with van der Waals surface area (Å²) < 4.78 is 5.67. The molecule has 1 amide bonds. The highest BCUT2D eigenvalue weighted by molar-refractivity contribution is 5.82. The summed E-state index contributed by atoms with van der Waals surface area (Å²) in [5.41, 5.74) is 4.34. The molecule has 3 aliphatic rings. The molecule has 33 heavy (non-hydrogen) atoms. The molecule has 4 heterocycles. The molecule has 3 aliphatic heterocycles. The number of fused-ring (bicyclic) bond motifs is 2. The SMILES string of the molecule is O=C(O)C[C@@H](c1ccc2c(c1)OCC2)N1CC[C@H](CCCc2ccc3c(n2)NCCC3)C1=O. The molecule has 7 heteroatoms. The number of pyridine rings is 1. The summed E-state index contributed by atoms with van der Waals surface area (Å²) in [5.74, 6) is 0.949. The quantitative estimate of drug-likeness (QED) is 0.638. The second kappa shape index (κ2) is 9.41. The average molecular weight is 450 g/mol. The molecule has 0 unspecified atom stereocenters. The number of carbonyl (C=O) groups is 2. The first-order chi connectivity index (χ1) is 16.1. The number of aliphatic carboxylic acids is 1. The fourth-order valence-corrected chi connectivity index (χ4v) is 5.34. The Hall–Kier alpha value is -3.09. The summed E-state index contributed by atoms with van der Waals surface area (Å²) in [7, 11) is 0. The molecule has 2 N–H and O–H groups in total. The summed E-state index contributed by atoms with van der Waals surface area (Å²) in [6.07, 6.45) is 6.32. The van der Waals surface area contributed by atoms with E-state index >= 15 is 0 Å². The molecule has 1 fully saturated rings. The first kappa shape index (κ1) is 21.7. The van der Waals surface area contributed by atoms with Crippen molar-refractivity contribution in [1.82, 2.24) is 9.88 Å². The number of nitrogens with zero attached hydrogens (tertiary/aromatic N) is 2. The molecule has 0 spiro atoms. The van der Waals surface area contributed by atoms with Crippen LogP contribution >= 0.6 is 0 Å². The van der Waals surface area contributed by atoms with Crippen LogP contribution in [0.1, 0.15) is 60.5 Å². The molecule has 174 valence electrons. The van der Waals surface area contributed by atoms with Gasteiger partial charge in [0.05, 0.1) is 19.1 Å². The lowest BCUT2D eigenvalue weighted by molar-refractivity contribution is -0.140. The number of ether oxygens (including phenoxy) is 1. The molecule has 0 saturated carbocycles. The topological polar surface area (TPSA) is 91.8 Å². The van der Waals surface area contributed by atoms with Gasteiger partial charge in [0.25, 0.3) is 0 Å². The molecule has 2 aromatic rings. The Morgan fingerprint density at radius 1 is 1.24 bits per heavy atom. The van der Waals surface area contributed by atoms with Crippen molar-refractivity contribution in [3.8, 4) is 5.75 Å². The third-order valence-electron chi connectivity index (χ3n) is 7.14. The Balaban J connectivity index is 1.22. The van der Waals surface area contributed by atoms with Crippen LogP contribution in [0.3, 0.4) is 0 Å². The maximum absolute atomic E-state index is 13.2. The van der Waals surface area contributed by atoms with E-state index in [0.29, 0.717) is 13.2 Å². The molecule has 2 atom stereocenters. The summed E-state index contributed by atoms with van der Waals surface area (Å²) in [6, 6.07) is 9.70. The molecule has 5 rings (SSSR count). The van der Waals surface area contributed by atoms with Crippen molar-refractivity contribution in [1.29, 1.82) is 0 Å². The van der Waals surface area contributed by atoms with Crippen LogP contribution in [0.15, 0.2) is 30.3 Å². The predicted octanol–water partition coefficient (Wildman–Crippen LogP) is 3.76. The summed E-state index contributed by atoms with van der Waals surface area (Å²) in [4.78, 5) is 31.4. The van der Waals surface area contributed by atoms with E-state index in [-0.39, 0.29) is 18.2 Å². The summed E-state index contributed by atoms with van der Waals surface area (Å²) in [5, 5.41) is 12.9. The van der Waals surface area contributed by atoms with E-state index in [2.05, 4.69) is 17.4 Å². The van der Waals surface area contributed by atoms with E-state index in [1.807, 2.05) is 18.2 Å². The molecular weight excluding hydrogens is 418 g/mol. The standard InChI is InChI=1S/C26H31N3O4/c30-24(31)16-22(20-7-6-17-11-14-33-23(17)15-20)29-13-10-19(26(29)32)3-1-5-21-9-8-18-4-2-12-27-25(18)28-21/h6-9,15,19,22H,1-5,10-14,16H2,(H,27,28)(H,30,31)/t19-,22-/m0/s1. The maximum Gasteiger partial charge on any atom is 0.305 e. The van der Waals surface area contributed by atoms with Crippen LogP contribution in [0.5, 0.6) is 5.75 Å². The second-order valence-corrected chi connectivity index (χ2v) is 9.33. The smallest absolute Gasteiger partial charge is 0.305 e. The second-order valence-electron chi connectivity index (χ2n) is 9.33. The van der Waals surface area contributed by atoms with Crippen molar-refractivity contribution in [2.24, 2.45) is 5.92 Å². The maximum atomic E-state index is 13.2. The molecule has 1 saturated heterocycles. The lowest BCUT2D eigenvalue weighted by Gasteiger charge is -2.28. The Bertz CT molecular complexity index is 1050. The molecule has 0 bridgehead atoms. The van der Waals surface area contributed by atoms with Crippen molar-refractivity contribution in [2.75, 3.05) is 25.0 Å². The molecule has 1 aromatic heterocycles. The van der Waals surface area contributed by atoms with Gasteiger partial charge in [-0.3, -0.25) is 9.59 Å². The van der Waals surface area contributed by atoms with Gasteiger partial charge in [0.15, 0.2) is 0 Å². The number of benzene rings is 1. The van der Waals surface area contributed by atoms with E-state index in [1.165, 1.54) is 5.56 Å². The Morgan fingerprint density at radius 2 is 2.12 bits per heavy atom. The van der Waals surface area contributed by atoms with E-state index < -0.39 is 12.0 Å². The van der Waals surface area contributed by atoms with Crippen molar-refractivity contribution >= 4 is 17.7 Å². The summed E-state index contributed by atoms with van der Waals surface area (Å²) >= 11 is 0. The van der Waals surface area contributed by atoms with Gasteiger partial charge in [-0.25, -0.2) is 4.98 Å². The number of aromatic nitrogens is 1. The zero-order valence-corrected chi connectivity index (χ0v) is 18.9. The van der Waals surface area contributed by atoms with Crippen molar-refractivity contribution in [3.63, 3.8) is 0 Å². The van der Waals surface area contributed by atoms with E-state index in [4.69, 9.17) is 9.72 Å². The first-order valence-corrected chi connectivity index (χ1v) is 12.1. The summed E-state index contributed by atoms with van der Waals surface area (Å²) in [6.45, 7) is 2.23. The zero-order chi connectivity index (χ0) is 22.8. The van der Waals surface area contributed by atoms with Gasteiger partial charge in [0.2, 0.25) is 5.91 Å². The van der Waals surface area contributed by atoms with Crippen LogP contribution in [-0.4, -0.2) is 46.6 Å². The lowest BCUT2D eigenvalue weighted by Crippen LogP contribution is -2.33. The van der Waals surface area contributed by atoms with Crippen LogP contribution in [-0.2, 0) is 28.9 Å². The van der Waals surface area contributed by atoms with Gasteiger partial charge < -0.3 is 20.1 Å². The molecule has 0 aliphatic carbocycles. The van der Waals surface area contributed by atoms with Crippen LogP contribution in [0.25, 0.3) is 0 Å². The number of rotatable bonds is 8. The van der Waals surface area contributed by atoms with Gasteiger partial charge in [-0.1, -0.05) is 18.2 Å². The van der Waals surface area contributed by atoms with Gasteiger partial charge in [-0.05, 0) is 67.3 Å². The van der Waals surface area contributed by atoms with Gasteiger partial charge in [-0.2, -0.15) is 0 Å². The Morgan fingerprint density at radius 3 is 3.00 bits per heavy atom. The molecular formula is C26H31N3O4. The Labute approximate surface area is 194 Å². The Kier molecular flexibility index (Phi) is 6.20. The van der Waals surface area contributed by atoms with Gasteiger partial charge in [0, 0.05) is 31.1 Å². The van der Waals surface area contributed by atoms with Gasteiger partial charge in [0.1, 0.15) is 11.6 Å². The minimum atomic E-state index is -0.898. The molecule has 0 radical (unpaired) electrons. The fourth-order valence-electron chi connectivity index (χ4n) is 5.34. The van der Waals surface area contributed by atoms with E-state index in [1.54, 1.807) is 4.90 Å². The number of anilines is 1. The monoisotopic (exact) mass is 449 g/mol. The number of hydrogen-bond donors (Lipinski definition) is 2. The van der Waals surface area contributed by atoms with Crippen LogP contribution in [0.4, 0.5) is 5.82 Å². The van der Waals surface area contributed by atoms with E-state index in [9.17, 15) is 14.7 Å². The van der Waals surface area contributed by atoms with Crippen molar-refractivity contribution in [2.45, 2.75) is 57.4 Å². The predicted molar refractivity (Wildman–Crippen MR) is 124 cm³/mol. The number of likely N-dealkylation sites (tertiary alicyclic amines) is 1. The average Bonchev–Trinajstić information content (AvgIpc) is 3.43. The molecule has 7 nitrogen and oxygen atoms in total. The number of nitrogens with one attached hydrogen (secondary N) is 1. The van der Waals surface area contributed by atoms with Crippen LogP contribution in [0.2, 0.25) is 0 Å². The number of amides is 1. The van der Waals surface area contributed by atoms with Crippen LogP contribution in [0, 0.1) is 5.92 Å². The third kappa shape index (κ3) is 4.68. The fraction of sp³-hybridized carbons (Fsp3) is 0.500. The first-order valence-electron chi connectivity index (χ1n) is 12.1. The number of carboxylic acid groups (broad SMARTS) is 1. The highest BCUT2D eigenvalue weighted by atomic mass is 16.5. The van der Waals surface area contributed by atoms with Crippen molar-refractivity contribution in [3.05, 3.63) is 52.7 Å². The van der Waals surface area contributed by atoms with Crippen molar-refractivity contribution < 1.29 is 19.4 Å². The van der Waals surface area contributed by atoms with Gasteiger partial charge >= 0.3 is 5.97 Å². The zero-order valence-electron chi connectivity index (χ0n) is 18.9. The normalized spacial score (nSPS) is 20.1. The van der Waals surface area contributed by atoms with Crippen LogP contribution < -0.4 is 10.1 Å². The number of carboxylic acids is 1.